The molecule has 1 amide bonds. The number of carbonyl (C=O) groups excluding carboxylic acids is 2. The second kappa shape index (κ2) is 4.40. The van der Waals surface area contributed by atoms with E-state index in [-0.39, 0.29) is 5.91 Å². The topological polar surface area (TPSA) is 46.2 Å². The lowest BCUT2D eigenvalue weighted by molar-refractivity contribution is -0.109. The van der Waals surface area contributed by atoms with Gasteiger partial charge in [-0.05, 0) is 19.1 Å². The maximum atomic E-state index is 11.3. The Morgan fingerprint density at radius 1 is 1.38 bits per heavy atom. The Bertz CT molecular complexity index is 295. The molecule has 0 unspecified atom stereocenters. The van der Waals surface area contributed by atoms with E-state index in [2.05, 4.69) is 5.32 Å². The normalized spacial score (nSPS) is 11.8. The Balaban J connectivity index is 2.64. The Morgan fingerprint density at radius 2 is 2.00 bits per heavy atom. The van der Waals surface area contributed by atoms with Crippen molar-refractivity contribution < 1.29 is 9.59 Å². The number of nitrogens with one attached hydrogen (secondary N) is 1. The van der Waals surface area contributed by atoms with Crippen LogP contribution in [0.2, 0.25) is 0 Å². The van der Waals surface area contributed by atoms with Gasteiger partial charge in [-0.25, -0.2) is 0 Å². The van der Waals surface area contributed by atoms with Crippen LogP contribution in [0.3, 0.4) is 0 Å². The van der Waals surface area contributed by atoms with Gasteiger partial charge in [-0.3, -0.25) is 4.79 Å². The summed E-state index contributed by atoms with van der Waals surface area (Å²) in [7, 11) is 0. The van der Waals surface area contributed by atoms with Crippen LogP contribution in [0, 0.1) is 0 Å². The minimum Gasteiger partial charge on any atom is -0.343 e. The molecule has 1 aromatic carbocycles. The third-order valence-electron chi connectivity index (χ3n) is 1.60. The van der Waals surface area contributed by atoms with Gasteiger partial charge < -0.3 is 10.1 Å². The number of hydrogen-bond acceptors (Lipinski definition) is 2. The first-order valence-electron chi connectivity index (χ1n) is 4.05. The minimum absolute atomic E-state index is 0.222. The molecule has 3 heteroatoms. The van der Waals surface area contributed by atoms with Crippen molar-refractivity contribution in [2.45, 2.75) is 13.0 Å². The smallest absolute Gasteiger partial charge is 0.251 e. The van der Waals surface area contributed by atoms with Gasteiger partial charge in [0.15, 0.2) is 0 Å². The largest absolute Gasteiger partial charge is 0.343 e. The van der Waals surface area contributed by atoms with Gasteiger partial charge in [-0.2, -0.15) is 0 Å². The van der Waals surface area contributed by atoms with Crippen LogP contribution in [0.5, 0.6) is 0 Å². The van der Waals surface area contributed by atoms with Crippen LogP contribution in [-0.4, -0.2) is 18.2 Å². The van der Waals surface area contributed by atoms with Crippen molar-refractivity contribution in [3.63, 3.8) is 0 Å². The lowest BCUT2D eigenvalue weighted by atomic mass is 10.2. The summed E-state index contributed by atoms with van der Waals surface area (Å²) >= 11 is 0. The quantitative estimate of drug-likeness (QED) is 0.700. The lowest BCUT2D eigenvalue weighted by Crippen LogP contribution is -2.33. The molecule has 1 aromatic rings. The van der Waals surface area contributed by atoms with E-state index < -0.39 is 6.04 Å². The summed E-state index contributed by atoms with van der Waals surface area (Å²) in [4.78, 5) is 21.6. The highest BCUT2D eigenvalue weighted by Gasteiger charge is 2.06. The molecule has 0 saturated heterocycles. The molecule has 0 aliphatic rings. The maximum Gasteiger partial charge on any atom is 0.251 e. The molecule has 13 heavy (non-hydrogen) atoms. The summed E-state index contributed by atoms with van der Waals surface area (Å²) in [5, 5.41) is 2.54. The first-order valence-corrected chi connectivity index (χ1v) is 4.05. The molecule has 1 rings (SSSR count). The van der Waals surface area contributed by atoms with Crippen LogP contribution >= 0.6 is 0 Å². The zero-order valence-corrected chi connectivity index (χ0v) is 7.36. The number of rotatable bonds is 3. The first kappa shape index (κ1) is 9.45. The average molecular weight is 177 g/mol. The fourth-order valence-electron chi connectivity index (χ4n) is 0.914. The van der Waals surface area contributed by atoms with Crippen molar-refractivity contribution in [2.24, 2.45) is 0 Å². The molecule has 0 heterocycles. The summed E-state index contributed by atoms with van der Waals surface area (Å²) in [5.41, 5.74) is 0.566. The monoisotopic (exact) mass is 177 g/mol. The van der Waals surface area contributed by atoms with Crippen molar-refractivity contribution in [3.05, 3.63) is 35.9 Å². The minimum atomic E-state index is -0.437. The van der Waals surface area contributed by atoms with Crippen molar-refractivity contribution in [2.75, 3.05) is 0 Å². The summed E-state index contributed by atoms with van der Waals surface area (Å²) < 4.78 is 0. The van der Waals surface area contributed by atoms with Crippen LogP contribution in [0.1, 0.15) is 17.3 Å². The van der Waals surface area contributed by atoms with E-state index in [0.29, 0.717) is 11.8 Å². The average Bonchev–Trinajstić information content (AvgIpc) is 2.19. The molecule has 0 radical (unpaired) electrons. The molecule has 0 aromatic heterocycles. The molecule has 0 saturated carbocycles. The van der Waals surface area contributed by atoms with E-state index in [4.69, 9.17) is 0 Å². The molecule has 0 fully saturated rings. The van der Waals surface area contributed by atoms with Gasteiger partial charge in [0.25, 0.3) is 5.91 Å². The zero-order valence-electron chi connectivity index (χ0n) is 7.36. The third-order valence-corrected chi connectivity index (χ3v) is 1.60. The number of carbonyl (C=O) groups is 2. The van der Waals surface area contributed by atoms with Crippen molar-refractivity contribution in [1.82, 2.24) is 5.32 Å². The van der Waals surface area contributed by atoms with Gasteiger partial charge >= 0.3 is 0 Å². The molecular formula is C10H11NO2. The highest BCUT2D eigenvalue weighted by Crippen LogP contribution is 1.97. The molecule has 1 N–H and O–H groups in total. The van der Waals surface area contributed by atoms with Gasteiger partial charge in [0.05, 0.1) is 6.04 Å². The number of hydrogen-bond donors (Lipinski definition) is 1. The van der Waals surface area contributed by atoms with Gasteiger partial charge in [-0.1, -0.05) is 18.2 Å². The maximum absolute atomic E-state index is 11.3. The Morgan fingerprint density at radius 3 is 2.54 bits per heavy atom. The SMILES string of the molecule is C[C@@H](C=O)NC(=O)c1ccccc1. The van der Waals surface area contributed by atoms with Gasteiger partial charge in [0, 0.05) is 5.56 Å². The van der Waals surface area contributed by atoms with Crippen LogP contribution in [-0.2, 0) is 4.79 Å². The molecule has 0 spiro atoms. The molecule has 3 nitrogen and oxygen atoms in total. The number of benzene rings is 1. The predicted molar refractivity (Wildman–Crippen MR) is 49.4 cm³/mol. The molecule has 0 aliphatic carbocycles. The summed E-state index contributed by atoms with van der Waals surface area (Å²) in [5.74, 6) is -0.222. The van der Waals surface area contributed by atoms with E-state index in [0.717, 1.165) is 0 Å². The molecule has 0 bridgehead atoms. The van der Waals surface area contributed by atoms with E-state index >= 15 is 0 Å². The highest BCUT2D eigenvalue weighted by atomic mass is 16.2. The van der Waals surface area contributed by atoms with Crippen LogP contribution in [0.15, 0.2) is 30.3 Å². The summed E-state index contributed by atoms with van der Waals surface area (Å²) in [6.45, 7) is 1.63. The van der Waals surface area contributed by atoms with Crippen molar-refractivity contribution in [1.29, 1.82) is 0 Å². The van der Waals surface area contributed by atoms with Gasteiger partial charge in [0.2, 0.25) is 0 Å². The fraction of sp³-hybridized carbons (Fsp3) is 0.200. The van der Waals surface area contributed by atoms with Gasteiger partial charge in [-0.15, -0.1) is 0 Å². The first-order chi connectivity index (χ1) is 6.24. The molecule has 1 atom stereocenters. The van der Waals surface area contributed by atoms with E-state index in [1.165, 1.54) is 0 Å². The van der Waals surface area contributed by atoms with E-state index in [1.807, 2.05) is 6.07 Å². The zero-order chi connectivity index (χ0) is 9.68. The third kappa shape index (κ3) is 2.71. The Labute approximate surface area is 76.8 Å². The van der Waals surface area contributed by atoms with Crippen LogP contribution in [0.25, 0.3) is 0 Å². The Hall–Kier alpha value is -1.64. The molecular weight excluding hydrogens is 166 g/mol. The standard InChI is InChI=1S/C10H11NO2/c1-8(7-12)11-10(13)9-5-3-2-4-6-9/h2-8H,1H3,(H,11,13)/t8-/m0/s1. The number of aldehydes is 1. The lowest BCUT2D eigenvalue weighted by Gasteiger charge is -2.06. The van der Waals surface area contributed by atoms with E-state index in [1.54, 1.807) is 31.2 Å². The summed E-state index contributed by atoms with van der Waals surface area (Å²) in [6, 6.07) is 8.35. The van der Waals surface area contributed by atoms with Crippen molar-refractivity contribution in [3.8, 4) is 0 Å². The second-order valence-corrected chi connectivity index (χ2v) is 2.76. The molecule has 68 valence electrons. The van der Waals surface area contributed by atoms with E-state index in [9.17, 15) is 9.59 Å². The molecule has 0 aliphatic heterocycles. The highest BCUT2D eigenvalue weighted by molar-refractivity contribution is 5.95. The number of amides is 1. The fourth-order valence-corrected chi connectivity index (χ4v) is 0.914. The second-order valence-electron chi connectivity index (χ2n) is 2.76. The van der Waals surface area contributed by atoms with Crippen LogP contribution in [0.4, 0.5) is 0 Å². The van der Waals surface area contributed by atoms with Crippen molar-refractivity contribution >= 4 is 12.2 Å². The summed E-state index contributed by atoms with van der Waals surface area (Å²) in [6.07, 6.45) is 0.695. The Kier molecular flexibility index (Phi) is 3.20. The van der Waals surface area contributed by atoms with Gasteiger partial charge in [0.1, 0.15) is 6.29 Å². The van der Waals surface area contributed by atoms with Crippen LogP contribution < -0.4 is 5.32 Å². The predicted octanol–water partition coefficient (Wildman–Crippen LogP) is 1.00.